The molecular formula is C17H24N4O4. The van der Waals surface area contributed by atoms with Gasteiger partial charge in [0, 0.05) is 50.6 Å². The number of benzene rings is 1. The molecule has 0 bridgehead atoms. The lowest BCUT2D eigenvalue weighted by Crippen LogP contribution is -2.54. The Bertz CT molecular complexity index is 608. The van der Waals surface area contributed by atoms with Crippen molar-refractivity contribution in [2.45, 2.75) is 31.9 Å². The van der Waals surface area contributed by atoms with E-state index in [0.717, 1.165) is 25.1 Å². The highest BCUT2D eigenvalue weighted by molar-refractivity contribution is 5.75. The number of rotatable bonds is 4. The van der Waals surface area contributed by atoms with Gasteiger partial charge >= 0.3 is 6.03 Å². The number of carbonyl (C=O) groups is 1. The molecule has 2 amide bonds. The molecule has 0 saturated carbocycles. The van der Waals surface area contributed by atoms with E-state index in [9.17, 15) is 14.9 Å². The van der Waals surface area contributed by atoms with Crippen LogP contribution in [0.25, 0.3) is 0 Å². The van der Waals surface area contributed by atoms with Crippen molar-refractivity contribution < 1.29 is 14.5 Å². The number of piperazine rings is 1. The lowest BCUT2D eigenvalue weighted by molar-refractivity contribution is -0.384. The second-order valence-corrected chi connectivity index (χ2v) is 6.54. The Morgan fingerprint density at radius 1 is 1.28 bits per heavy atom. The van der Waals surface area contributed by atoms with Gasteiger partial charge in [0.2, 0.25) is 0 Å². The van der Waals surface area contributed by atoms with E-state index < -0.39 is 4.92 Å². The number of hydrogen-bond acceptors (Lipinski definition) is 5. The van der Waals surface area contributed by atoms with Gasteiger partial charge in [-0.1, -0.05) is 0 Å². The molecule has 8 heteroatoms. The highest BCUT2D eigenvalue weighted by Gasteiger charge is 2.27. The molecule has 3 rings (SSSR count). The van der Waals surface area contributed by atoms with Crippen molar-refractivity contribution >= 4 is 17.4 Å². The summed E-state index contributed by atoms with van der Waals surface area (Å²) < 4.78 is 5.61. The fourth-order valence-corrected chi connectivity index (χ4v) is 3.33. The zero-order valence-corrected chi connectivity index (χ0v) is 14.4. The third-order valence-electron chi connectivity index (χ3n) is 4.87. The van der Waals surface area contributed by atoms with E-state index in [0.29, 0.717) is 26.2 Å². The van der Waals surface area contributed by atoms with E-state index in [1.54, 1.807) is 12.1 Å². The third-order valence-corrected chi connectivity index (χ3v) is 4.87. The second-order valence-electron chi connectivity index (χ2n) is 6.54. The van der Waals surface area contributed by atoms with Gasteiger partial charge < -0.3 is 19.9 Å². The molecule has 1 aromatic carbocycles. The van der Waals surface area contributed by atoms with E-state index in [1.165, 1.54) is 12.1 Å². The minimum Gasteiger partial charge on any atom is -0.376 e. The molecule has 0 aliphatic carbocycles. The molecule has 25 heavy (non-hydrogen) atoms. The van der Waals surface area contributed by atoms with Crippen molar-refractivity contribution in [3.63, 3.8) is 0 Å². The van der Waals surface area contributed by atoms with Crippen molar-refractivity contribution in [1.82, 2.24) is 10.2 Å². The summed E-state index contributed by atoms with van der Waals surface area (Å²) in [6.07, 6.45) is 2.17. The summed E-state index contributed by atoms with van der Waals surface area (Å²) in [6.45, 7) is 5.43. The highest BCUT2D eigenvalue weighted by atomic mass is 16.6. The Kier molecular flexibility index (Phi) is 5.37. The van der Waals surface area contributed by atoms with Crippen LogP contribution in [-0.4, -0.2) is 60.8 Å². The molecule has 0 radical (unpaired) electrons. The normalized spacial score (nSPS) is 21.9. The maximum absolute atomic E-state index is 12.4. The summed E-state index contributed by atoms with van der Waals surface area (Å²) in [5, 5.41) is 13.8. The molecule has 2 aliphatic rings. The number of ether oxygens (including phenoxy) is 1. The Morgan fingerprint density at radius 2 is 1.96 bits per heavy atom. The molecule has 2 unspecified atom stereocenters. The first-order chi connectivity index (χ1) is 12.0. The maximum atomic E-state index is 12.4. The quantitative estimate of drug-likeness (QED) is 0.664. The molecule has 0 aromatic heterocycles. The molecule has 8 nitrogen and oxygen atoms in total. The predicted octanol–water partition coefficient (Wildman–Crippen LogP) is 1.99. The van der Waals surface area contributed by atoms with Crippen LogP contribution in [0.2, 0.25) is 0 Å². The summed E-state index contributed by atoms with van der Waals surface area (Å²) in [5.41, 5.74) is 1.03. The summed E-state index contributed by atoms with van der Waals surface area (Å²) in [4.78, 5) is 26.7. The summed E-state index contributed by atoms with van der Waals surface area (Å²) >= 11 is 0. The van der Waals surface area contributed by atoms with Crippen LogP contribution in [-0.2, 0) is 4.74 Å². The van der Waals surface area contributed by atoms with Crippen LogP contribution in [0.3, 0.4) is 0 Å². The van der Waals surface area contributed by atoms with Gasteiger partial charge in [0.1, 0.15) is 0 Å². The van der Waals surface area contributed by atoms with Crippen molar-refractivity contribution in [3.8, 4) is 0 Å². The maximum Gasteiger partial charge on any atom is 0.317 e. The molecular weight excluding hydrogens is 324 g/mol. The van der Waals surface area contributed by atoms with Gasteiger partial charge in [-0.2, -0.15) is 0 Å². The number of nitro groups is 1. The van der Waals surface area contributed by atoms with Crippen LogP contribution >= 0.6 is 0 Å². The van der Waals surface area contributed by atoms with Crippen LogP contribution in [0.1, 0.15) is 19.8 Å². The fourth-order valence-electron chi connectivity index (χ4n) is 3.33. The van der Waals surface area contributed by atoms with Gasteiger partial charge in [-0.15, -0.1) is 0 Å². The lowest BCUT2D eigenvalue weighted by atomic mass is 10.1. The smallest absolute Gasteiger partial charge is 0.317 e. The van der Waals surface area contributed by atoms with E-state index in [1.807, 2.05) is 11.8 Å². The first-order valence-electron chi connectivity index (χ1n) is 8.71. The van der Waals surface area contributed by atoms with Gasteiger partial charge in [0.25, 0.3) is 5.69 Å². The topological polar surface area (TPSA) is 88.0 Å². The molecule has 2 aliphatic heterocycles. The van der Waals surface area contributed by atoms with Crippen molar-refractivity contribution in [3.05, 3.63) is 34.4 Å². The Morgan fingerprint density at radius 3 is 2.52 bits per heavy atom. The van der Waals surface area contributed by atoms with Crippen molar-refractivity contribution in [1.29, 1.82) is 0 Å². The first-order valence-corrected chi connectivity index (χ1v) is 8.71. The molecule has 2 heterocycles. The number of carbonyl (C=O) groups excluding carboxylic acids is 1. The number of nitro benzene ring substituents is 1. The summed E-state index contributed by atoms with van der Waals surface area (Å²) in [6, 6.07) is 6.50. The number of nitrogens with one attached hydrogen (secondary N) is 1. The second kappa shape index (κ2) is 7.69. The Balaban J connectivity index is 1.49. The van der Waals surface area contributed by atoms with E-state index >= 15 is 0 Å². The van der Waals surface area contributed by atoms with Gasteiger partial charge in [-0.25, -0.2) is 4.79 Å². The van der Waals surface area contributed by atoms with Gasteiger partial charge in [-0.3, -0.25) is 10.1 Å². The predicted molar refractivity (Wildman–Crippen MR) is 93.9 cm³/mol. The third kappa shape index (κ3) is 4.19. The number of hydrogen-bond donors (Lipinski definition) is 1. The molecule has 2 saturated heterocycles. The van der Waals surface area contributed by atoms with Crippen LogP contribution in [0, 0.1) is 10.1 Å². The lowest BCUT2D eigenvalue weighted by Gasteiger charge is -2.36. The van der Waals surface area contributed by atoms with E-state index in [2.05, 4.69) is 10.2 Å². The zero-order valence-electron chi connectivity index (χ0n) is 14.4. The van der Waals surface area contributed by atoms with E-state index in [-0.39, 0.29) is 23.9 Å². The Hall–Kier alpha value is -2.35. The largest absolute Gasteiger partial charge is 0.376 e. The average Bonchev–Trinajstić information content (AvgIpc) is 3.17. The SMILES string of the molecule is CC(NC(=O)N1CCN(c2ccc([N+](=O)[O-])cc2)CC1)C1CCCO1. The Labute approximate surface area is 146 Å². The molecule has 1 aromatic rings. The van der Waals surface area contributed by atoms with Crippen molar-refractivity contribution in [2.75, 3.05) is 37.7 Å². The molecule has 1 N–H and O–H groups in total. The number of urea groups is 1. The molecule has 0 spiro atoms. The molecule has 2 fully saturated rings. The fraction of sp³-hybridized carbons (Fsp3) is 0.588. The first kappa shape index (κ1) is 17.5. The molecule has 136 valence electrons. The number of non-ortho nitro benzene ring substituents is 1. The van der Waals surface area contributed by atoms with Crippen LogP contribution < -0.4 is 10.2 Å². The van der Waals surface area contributed by atoms with Gasteiger partial charge in [0.05, 0.1) is 17.1 Å². The van der Waals surface area contributed by atoms with E-state index in [4.69, 9.17) is 4.74 Å². The standard InChI is InChI=1S/C17H24N4O4/c1-13(16-3-2-12-25-16)18-17(22)20-10-8-19(9-11-20)14-4-6-15(7-5-14)21(23)24/h4-7,13,16H,2-3,8-12H2,1H3,(H,18,22). The average molecular weight is 348 g/mol. The zero-order chi connectivity index (χ0) is 17.8. The van der Waals surface area contributed by atoms with Crippen LogP contribution in [0.15, 0.2) is 24.3 Å². The van der Waals surface area contributed by atoms with Crippen molar-refractivity contribution in [2.24, 2.45) is 0 Å². The highest BCUT2D eigenvalue weighted by Crippen LogP contribution is 2.21. The number of anilines is 1. The van der Waals surface area contributed by atoms with Crippen LogP contribution in [0.4, 0.5) is 16.2 Å². The minimum absolute atomic E-state index is 0.0164. The molecule has 2 atom stereocenters. The van der Waals surface area contributed by atoms with Crippen LogP contribution in [0.5, 0.6) is 0 Å². The minimum atomic E-state index is -0.402. The number of nitrogens with zero attached hydrogens (tertiary/aromatic N) is 3. The summed E-state index contributed by atoms with van der Waals surface area (Å²) in [7, 11) is 0. The summed E-state index contributed by atoms with van der Waals surface area (Å²) in [5.74, 6) is 0. The van der Waals surface area contributed by atoms with Gasteiger partial charge in [0.15, 0.2) is 0 Å². The monoisotopic (exact) mass is 348 g/mol. The van der Waals surface area contributed by atoms with Gasteiger partial charge in [-0.05, 0) is 31.9 Å². The number of amides is 2.